The smallest absolute Gasteiger partial charge is 0.119 e. The summed E-state index contributed by atoms with van der Waals surface area (Å²) in [5.41, 5.74) is 1.30. The van der Waals surface area contributed by atoms with Gasteiger partial charge < -0.3 is 19.8 Å². The van der Waals surface area contributed by atoms with Gasteiger partial charge in [-0.05, 0) is 93.2 Å². The van der Waals surface area contributed by atoms with Gasteiger partial charge in [0.25, 0.3) is 0 Å². The summed E-state index contributed by atoms with van der Waals surface area (Å²) in [6, 6.07) is 9.67. The number of likely N-dealkylation sites (tertiary alicyclic amines) is 1. The van der Waals surface area contributed by atoms with E-state index in [0.29, 0.717) is 22.8 Å². The van der Waals surface area contributed by atoms with E-state index >= 15 is 0 Å². The van der Waals surface area contributed by atoms with Crippen LogP contribution in [0.25, 0.3) is 10.9 Å². The van der Waals surface area contributed by atoms with Crippen molar-refractivity contribution in [1.29, 1.82) is 0 Å². The van der Waals surface area contributed by atoms with Crippen LogP contribution in [0.1, 0.15) is 43.8 Å². The fraction of sp³-hybridized carbons (Fsp3) is 0.481. The van der Waals surface area contributed by atoms with E-state index in [-0.39, 0.29) is 12.0 Å². The Morgan fingerprint density at radius 3 is 2.77 bits per heavy atom. The zero-order valence-electron chi connectivity index (χ0n) is 20.2. The van der Waals surface area contributed by atoms with Crippen LogP contribution in [0, 0.1) is 5.41 Å². The normalized spacial score (nSPS) is 16.9. The number of aliphatic hydroxyl groups excluding tert-OH is 2. The van der Waals surface area contributed by atoms with E-state index in [1.807, 2.05) is 42.2 Å². The molecule has 35 heavy (non-hydrogen) atoms. The van der Waals surface area contributed by atoms with E-state index in [9.17, 15) is 10.2 Å². The molecule has 188 valence electrons. The number of methoxy groups -OCH3 is 1. The SMILES string of the molecule is COc1ccc2ncc(Cl)c([C@H](O)CCC3(CO)CCN(CCCSc4cccnc4)CC3)c2c1. The second kappa shape index (κ2) is 12.4. The van der Waals surface area contributed by atoms with Crippen molar-refractivity contribution in [3.8, 4) is 5.75 Å². The van der Waals surface area contributed by atoms with Crippen molar-refractivity contribution in [2.75, 3.05) is 39.1 Å². The van der Waals surface area contributed by atoms with Crippen LogP contribution < -0.4 is 4.74 Å². The summed E-state index contributed by atoms with van der Waals surface area (Å²) in [4.78, 5) is 12.3. The van der Waals surface area contributed by atoms with Crippen molar-refractivity contribution in [2.45, 2.75) is 43.1 Å². The largest absolute Gasteiger partial charge is 0.497 e. The van der Waals surface area contributed by atoms with Gasteiger partial charge in [-0.1, -0.05) is 11.6 Å². The van der Waals surface area contributed by atoms with E-state index < -0.39 is 6.10 Å². The Hall–Kier alpha value is -1.90. The van der Waals surface area contributed by atoms with Crippen LogP contribution in [0.15, 0.2) is 53.8 Å². The van der Waals surface area contributed by atoms with Gasteiger partial charge in [-0.25, -0.2) is 0 Å². The first-order valence-corrected chi connectivity index (χ1v) is 13.6. The maximum Gasteiger partial charge on any atom is 0.119 e. The molecule has 1 fully saturated rings. The number of rotatable bonds is 11. The van der Waals surface area contributed by atoms with Gasteiger partial charge in [0.2, 0.25) is 0 Å². The summed E-state index contributed by atoms with van der Waals surface area (Å²) >= 11 is 8.32. The van der Waals surface area contributed by atoms with Crippen molar-refractivity contribution >= 4 is 34.3 Å². The Morgan fingerprint density at radius 2 is 2.06 bits per heavy atom. The number of benzene rings is 1. The summed E-state index contributed by atoms with van der Waals surface area (Å²) in [5.74, 6) is 1.78. The quantitative estimate of drug-likeness (QED) is 0.263. The number of aliphatic hydroxyl groups is 2. The third-order valence-corrected chi connectivity index (χ3v) is 8.49. The van der Waals surface area contributed by atoms with Crippen LogP contribution in [-0.2, 0) is 0 Å². The molecule has 1 atom stereocenters. The highest BCUT2D eigenvalue weighted by molar-refractivity contribution is 7.99. The molecule has 6 nitrogen and oxygen atoms in total. The molecule has 2 N–H and O–H groups in total. The first-order chi connectivity index (χ1) is 17.0. The second-order valence-electron chi connectivity index (χ2n) is 9.35. The lowest BCUT2D eigenvalue weighted by Gasteiger charge is -2.41. The number of piperidine rings is 1. The van der Waals surface area contributed by atoms with Crippen LogP contribution in [0.5, 0.6) is 5.75 Å². The summed E-state index contributed by atoms with van der Waals surface area (Å²) in [7, 11) is 1.62. The fourth-order valence-electron chi connectivity index (χ4n) is 4.87. The zero-order valence-corrected chi connectivity index (χ0v) is 21.8. The molecule has 1 aliphatic heterocycles. The van der Waals surface area contributed by atoms with Crippen LogP contribution >= 0.6 is 23.4 Å². The van der Waals surface area contributed by atoms with Gasteiger partial charge in [0.1, 0.15) is 5.75 Å². The van der Waals surface area contributed by atoms with E-state index in [1.165, 1.54) is 4.90 Å². The first kappa shape index (κ1) is 26.2. The van der Waals surface area contributed by atoms with Gasteiger partial charge in [-0.2, -0.15) is 0 Å². The van der Waals surface area contributed by atoms with Crippen LogP contribution in [-0.4, -0.2) is 64.2 Å². The van der Waals surface area contributed by atoms with Gasteiger partial charge in [0.05, 0.1) is 23.8 Å². The second-order valence-corrected chi connectivity index (χ2v) is 10.9. The number of halogens is 1. The lowest BCUT2D eigenvalue weighted by atomic mass is 9.74. The highest BCUT2D eigenvalue weighted by Gasteiger charge is 2.34. The van der Waals surface area contributed by atoms with Crippen LogP contribution in [0.4, 0.5) is 0 Å². The molecule has 4 rings (SSSR count). The topological polar surface area (TPSA) is 78.7 Å². The van der Waals surface area contributed by atoms with Gasteiger partial charge >= 0.3 is 0 Å². The summed E-state index contributed by atoms with van der Waals surface area (Å²) in [6.07, 6.45) is 8.87. The van der Waals surface area contributed by atoms with E-state index in [1.54, 1.807) is 19.5 Å². The predicted molar refractivity (Wildman–Crippen MR) is 142 cm³/mol. The molecule has 8 heteroatoms. The van der Waals surface area contributed by atoms with Crippen molar-refractivity contribution in [3.63, 3.8) is 0 Å². The number of hydrogen-bond donors (Lipinski definition) is 2. The van der Waals surface area contributed by atoms with Crippen molar-refractivity contribution in [1.82, 2.24) is 14.9 Å². The molecule has 0 amide bonds. The minimum atomic E-state index is -0.730. The molecule has 2 aromatic heterocycles. The number of fused-ring (bicyclic) bond motifs is 1. The standard InChI is InChI=1S/C27H34ClN3O3S/c1-34-20-5-6-24-22(16-20)26(23(28)18-30-24)25(33)7-8-27(19-32)9-13-31(14-10-27)12-3-15-35-21-4-2-11-29-17-21/h2,4-6,11,16-18,25,32-33H,3,7-10,12-15,19H2,1H3/t25-/m1/s1. The number of thioether (sulfide) groups is 1. The number of ether oxygens (including phenoxy) is 1. The molecule has 1 saturated heterocycles. The molecular formula is C27H34ClN3O3S. The molecule has 1 aromatic carbocycles. The number of hydrogen-bond acceptors (Lipinski definition) is 7. The van der Waals surface area contributed by atoms with Gasteiger partial charge in [-0.3, -0.25) is 9.97 Å². The average molecular weight is 516 g/mol. The summed E-state index contributed by atoms with van der Waals surface area (Å²) < 4.78 is 5.36. The monoisotopic (exact) mass is 515 g/mol. The molecule has 0 unspecified atom stereocenters. The minimum Gasteiger partial charge on any atom is -0.497 e. The minimum absolute atomic E-state index is 0.142. The molecule has 0 spiro atoms. The Labute approximate surface area is 216 Å². The highest BCUT2D eigenvalue weighted by atomic mass is 35.5. The maximum absolute atomic E-state index is 11.1. The first-order valence-electron chi connectivity index (χ1n) is 12.2. The highest BCUT2D eigenvalue weighted by Crippen LogP contribution is 2.40. The average Bonchev–Trinajstić information content (AvgIpc) is 2.90. The maximum atomic E-state index is 11.1. The third kappa shape index (κ3) is 6.66. The Bertz CT molecular complexity index is 1090. The number of aromatic nitrogens is 2. The Morgan fingerprint density at radius 1 is 1.23 bits per heavy atom. The molecule has 0 saturated carbocycles. The van der Waals surface area contributed by atoms with Gasteiger partial charge in [-0.15, -0.1) is 11.8 Å². The molecule has 0 bridgehead atoms. The number of pyridine rings is 2. The zero-order chi connectivity index (χ0) is 24.7. The van der Waals surface area contributed by atoms with E-state index in [0.717, 1.165) is 62.0 Å². The predicted octanol–water partition coefficient (Wildman–Crippen LogP) is 5.36. The van der Waals surface area contributed by atoms with E-state index in [4.69, 9.17) is 16.3 Å². The molecule has 3 heterocycles. The summed E-state index contributed by atoms with van der Waals surface area (Å²) in [5, 5.41) is 22.7. The Balaban J connectivity index is 1.30. The molecule has 3 aromatic rings. The number of nitrogens with zero attached hydrogens (tertiary/aromatic N) is 3. The van der Waals surface area contributed by atoms with Crippen LogP contribution in [0.2, 0.25) is 5.02 Å². The fourth-order valence-corrected chi connectivity index (χ4v) is 5.97. The third-order valence-electron chi connectivity index (χ3n) is 7.12. The lowest BCUT2D eigenvalue weighted by Crippen LogP contribution is -2.42. The lowest BCUT2D eigenvalue weighted by molar-refractivity contribution is 0.0238. The Kier molecular flexibility index (Phi) is 9.25. The van der Waals surface area contributed by atoms with Crippen molar-refractivity contribution in [2.24, 2.45) is 5.41 Å². The van der Waals surface area contributed by atoms with Gasteiger partial charge in [0, 0.05) is 41.0 Å². The molecule has 0 radical (unpaired) electrons. The van der Waals surface area contributed by atoms with Gasteiger partial charge in [0.15, 0.2) is 0 Å². The molecule has 1 aliphatic rings. The van der Waals surface area contributed by atoms with Crippen molar-refractivity contribution < 1.29 is 14.9 Å². The van der Waals surface area contributed by atoms with Crippen molar-refractivity contribution in [3.05, 3.63) is 59.5 Å². The molecule has 0 aliphatic carbocycles. The van der Waals surface area contributed by atoms with Crippen LogP contribution in [0.3, 0.4) is 0 Å². The molecular weight excluding hydrogens is 482 g/mol. The van der Waals surface area contributed by atoms with E-state index in [2.05, 4.69) is 20.9 Å². The summed E-state index contributed by atoms with van der Waals surface area (Å²) in [6.45, 7) is 3.16.